The molecule has 17 heavy (non-hydrogen) atoms. The summed E-state index contributed by atoms with van der Waals surface area (Å²) in [5.41, 5.74) is 1.08. The second-order valence-corrected chi connectivity index (χ2v) is 5.58. The van der Waals surface area contributed by atoms with Gasteiger partial charge in [0.05, 0.1) is 0 Å². The Hall–Kier alpha value is -1.15. The highest BCUT2D eigenvalue weighted by Gasteiger charge is 2.41. The number of likely N-dealkylation sites (tertiary alicyclic amines) is 1. The van der Waals surface area contributed by atoms with E-state index in [2.05, 4.69) is 50.1 Å². The number of hydrogen-bond acceptors (Lipinski definition) is 2. The zero-order valence-corrected chi connectivity index (χ0v) is 10.9. The van der Waals surface area contributed by atoms with Gasteiger partial charge in [-0.3, -0.25) is 4.79 Å². The molecule has 0 amide bonds. The molecule has 1 saturated heterocycles. The molecule has 1 aliphatic rings. The highest BCUT2D eigenvalue weighted by atomic mass is 16.1. The van der Waals surface area contributed by atoms with Crippen LogP contribution in [0.3, 0.4) is 0 Å². The van der Waals surface area contributed by atoms with E-state index in [1.807, 2.05) is 6.07 Å². The lowest BCUT2D eigenvalue weighted by molar-refractivity contribution is -0.135. The molecule has 0 N–H and O–H groups in total. The number of nitrogens with zero attached hydrogens (tertiary/aromatic N) is 1. The normalized spacial score (nSPS) is 24.9. The lowest BCUT2D eigenvalue weighted by Crippen LogP contribution is -2.53. The highest BCUT2D eigenvalue weighted by Crippen LogP contribution is 2.33. The first-order valence-corrected chi connectivity index (χ1v) is 6.29. The van der Waals surface area contributed by atoms with Gasteiger partial charge in [0.15, 0.2) is 0 Å². The summed E-state index contributed by atoms with van der Waals surface area (Å²) in [6, 6.07) is 10.8. The molecule has 92 valence electrons. The molecule has 1 fully saturated rings. The molecule has 1 aromatic carbocycles. The summed E-state index contributed by atoms with van der Waals surface area (Å²) < 4.78 is 0. The van der Waals surface area contributed by atoms with Gasteiger partial charge in [0, 0.05) is 24.4 Å². The smallest absolute Gasteiger partial charge is 0.141 e. The molecule has 0 bridgehead atoms. The van der Waals surface area contributed by atoms with Crippen molar-refractivity contribution in [3.8, 4) is 0 Å². The van der Waals surface area contributed by atoms with Crippen LogP contribution in [0, 0.1) is 5.41 Å². The number of ketones is 1. The van der Waals surface area contributed by atoms with Crippen LogP contribution in [0.5, 0.6) is 0 Å². The summed E-state index contributed by atoms with van der Waals surface area (Å²) in [6.07, 6.45) is 1.64. The Kier molecular flexibility index (Phi) is 3.34. The van der Waals surface area contributed by atoms with Gasteiger partial charge in [0.1, 0.15) is 5.78 Å². The number of carbonyl (C=O) groups is 1. The van der Waals surface area contributed by atoms with Gasteiger partial charge in [-0.15, -0.1) is 0 Å². The van der Waals surface area contributed by atoms with Crippen molar-refractivity contribution in [3.05, 3.63) is 35.9 Å². The molecule has 1 atom stereocenters. The number of hydrogen-bond donors (Lipinski definition) is 0. The number of rotatable bonds is 2. The maximum absolute atomic E-state index is 12.0. The van der Waals surface area contributed by atoms with Crippen LogP contribution < -0.4 is 0 Å². The SMILES string of the molecule is CN1CCC(=O)C(C)(C)C1Cc1ccccc1. The maximum atomic E-state index is 12.0. The fourth-order valence-electron chi connectivity index (χ4n) is 2.74. The Labute approximate surface area is 104 Å². The van der Waals surface area contributed by atoms with E-state index in [-0.39, 0.29) is 5.41 Å². The van der Waals surface area contributed by atoms with Crippen molar-refractivity contribution < 1.29 is 4.79 Å². The van der Waals surface area contributed by atoms with Crippen molar-refractivity contribution in [2.75, 3.05) is 13.6 Å². The van der Waals surface area contributed by atoms with Crippen LogP contribution in [0.1, 0.15) is 25.8 Å². The molecule has 2 heteroatoms. The maximum Gasteiger partial charge on any atom is 0.141 e. The number of piperidine rings is 1. The van der Waals surface area contributed by atoms with Crippen molar-refractivity contribution in [3.63, 3.8) is 0 Å². The number of likely N-dealkylation sites (N-methyl/N-ethyl adjacent to an activating group) is 1. The van der Waals surface area contributed by atoms with Crippen LogP contribution in [0.25, 0.3) is 0 Å². The van der Waals surface area contributed by atoms with E-state index in [0.717, 1.165) is 13.0 Å². The zero-order valence-electron chi connectivity index (χ0n) is 10.9. The first-order chi connectivity index (χ1) is 8.01. The third-order valence-corrected chi connectivity index (χ3v) is 4.05. The van der Waals surface area contributed by atoms with Gasteiger partial charge in [-0.2, -0.15) is 0 Å². The average molecular weight is 231 g/mol. The predicted molar refractivity (Wildman–Crippen MR) is 70.0 cm³/mol. The summed E-state index contributed by atoms with van der Waals surface area (Å²) in [6.45, 7) is 5.05. The topological polar surface area (TPSA) is 20.3 Å². The summed E-state index contributed by atoms with van der Waals surface area (Å²) in [4.78, 5) is 14.4. The lowest BCUT2D eigenvalue weighted by atomic mass is 9.73. The van der Waals surface area contributed by atoms with E-state index in [1.165, 1.54) is 5.56 Å². The van der Waals surface area contributed by atoms with Crippen LogP contribution in [-0.2, 0) is 11.2 Å². The van der Waals surface area contributed by atoms with Gasteiger partial charge in [-0.1, -0.05) is 44.2 Å². The molecule has 0 saturated carbocycles. The van der Waals surface area contributed by atoms with Crippen molar-refractivity contribution in [2.24, 2.45) is 5.41 Å². The minimum Gasteiger partial charge on any atom is -0.302 e. The van der Waals surface area contributed by atoms with E-state index in [0.29, 0.717) is 18.2 Å². The van der Waals surface area contributed by atoms with Gasteiger partial charge in [-0.05, 0) is 19.0 Å². The standard InChI is InChI=1S/C15H21NO/c1-15(2)13(16(3)10-9-14(15)17)11-12-7-5-4-6-8-12/h4-8,13H,9-11H2,1-3H3. The summed E-state index contributed by atoms with van der Waals surface area (Å²) in [5, 5.41) is 0. The first-order valence-electron chi connectivity index (χ1n) is 6.29. The molecule has 0 aromatic heterocycles. The van der Waals surface area contributed by atoms with E-state index in [9.17, 15) is 4.79 Å². The van der Waals surface area contributed by atoms with Crippen molar-refractivity contribution in [1.82, 2.24) is 4.90 Å². The van der Waals surface area contributed by atoms with Crippen LogP contribution in [0.15, 0.2) is 30.3 Å². The third kappa shape index (κ3) is 2.42. The highest BCUT2D eigenvalue weighted by molar-refractivity contribution is 5.85. The molecule has 2 rings (SSSR count). The number of Topliss-reactive ketones (excluding diaryl/α,β-unsaturated/α-hetero) is 1. The zero-order chi connectivity index (χ0) is 12.5. The van der Waals surface area contributed by atoms with Crippen molar-refractivity contribution >= 4 is 5.78 Å². The quantitative estimate of drug-likeness (QED) is 0.779. The molecule has 0 spiro atoms. The Morgan fingerprint density at radius 3 is 2.59 bits per heavy atom. The Morgan fingerprint density at radius 1 is 1.29 bits per heavy atom. The summed E-state index contributed by atoms with van der Waals surface area (Å²) in [5.74, 6) is 0.400. The molecular weight excluding hydrogens is 210 g/mol. The number of carbonyl (C=O) groups excluding carboxylic acids is 1. The average Bonchev–Trinajstić information content (AvgIpc) is 2.32. The number of benzene rings is 1. The molecule has 2 nitrogen and oxygen atoms in total. The summed E-state index contributed by atoms with van der Waals surface area (Å²) in [7, 11) is 2.13. The predicted octanol–water partition coefficient (Wildman–Crippen LogP) is 2.53. The fourth-order valence-corrected chi connectivity index (χ4v) is 2.74. The largest absolute Gasteiger partial charge is 0.302 e. The molecule has 1 heterocycles. The van der Waals surface area contributed by atoms with Gasteiger partial charge in [-0.25, -0.2) is 0 Å². The minimum atomic E-state index is -0.233. The third-order valence-electron chi connectivity index (χ3n) is 4.05. The molecule has 0 aliphatic carbocycles. The van der Waals surface area contributed by atoms with Gasteiger partial charge < -0.3 is 4.90 Å². The summed E-state index contributed by atoms with van der Waals surface area (Å²) >= 11 is 0. The second kappa shape index (κ2) is 4.61. The second-order valence-electron chi connectivity index (χ2n) is 5.58. The lowest BCUT2D eigenvalue weighted by Gasteiger charge is -2.43. The van der Waals surface area contributed by atoms with E-state index in [1.54, 1.807) is 0 Å². The molecule has 1 aromatic rings. The molecule has 0 radical (unpaired) electrons. The van der Waals surface area contributed by atoms with Gasteiger partial charge >= 0.3 is 0 Å². The van der Waals surface area contributed by atoms with E-state index >= 15 is 0 Å². The Bertz CT molecular complexity index is 397. The van der Waals surface area contributed by atoms with Crippen molar-refractivity contribution in [2.45, 2.75) is 32.7 Å². The molecule has 1 aliphatic heterocycles. The van der Waals surface area contributed by atoms with E-state index < -0.39 is 0 Å². The van der Waals surface area contributed by atoms with Crippen molar-refractivity contribution in [1.29, 1.82) is 0 Å². The minimum absolute atomic E-state index is 0.233. The molecule has 1 unspecified atom stereocenters. The van der Waals surface area contributed by atoms with Crippen LogP contribution in [-0.4, -0.2) is 30.3 Å². The van der Waals surface area contributed by atoms with Gasteiger partial charge in [0.2, 0.25) is 0 Å². The monoisotopic (exact) mass is 231 g/mol. The van der Waals surface area contributed by atoms with Gasteiger partial charge in [0.25, 0.3) is 0 Å². The van der Waals surface area contributed by atoms with Crippen LogP contribution in [0.2, 0.25) is 0 Å². The van der Waals surface area contributed by atoms with Crippen LogP contribution in [0.4, 0.5) is 0 Å². The molecular formula is C15H21NO. The fraction of sp³-hybridized carbons (Fsp3) is 0.533. The van der Waals surface area contributed by atoms with Crippen LogP contribution >= 0.6 is 0 Å². The first kappa shape index (κ1) is 12.3. The Morgan fingerprint density at radius 2 is 1.94 bits per heavy atom. The Balaban J connectivity index is 2.20. The van der Waals surface area contributed by atoms with E-state index in [4.69, 9.17) is 0 Å².